The van der Waals surface area contributed by atoms with Crippen LogP contribution in [0.15, 0.2) is 18.2 Å². The van der Waals surface area contributed by atoms with Crippen LogP contribution in [0.4, 0.5) is 5.69 Å². The quantitative estimate of drug-likeness (QED) is 0.653. The van der Waals surface area contributed by atoms with E-state index in [4.69, 9.17) is 16.7 Å². The summed E-state index contributed by atoms with van der Waals surface area (Å²) in [5, 5.41) is 19.7. The molecule has 0 aliphatic heterocycles. The molecule has 1 aromatic carbocycles. The van der Waals surface area contributed by atoms with Gasteiger partial charge in [0.25, 0.3) is 11.6 Å². The molecule has 7 heteroatoms. The van der Waals surface area contributed by atoms with Gasteiger partial charge in [0, 0.05) is 31.3 Å². The van der Waals surface area contributed by atoms with E-state index in [1.807, 2.05) is 0 Å². The Morgan fingerprint density at radius 1 is 1.56 bits per heavy atom. The molecule has 1 aromatic rings. The molecule has 6 nitrogen and oxygen atoms in total. The molecule has 0 aliphatic rings. The van der Waals surface area contributed by atoms with E-state index < -0.39 is 10.8 Å². The van der Waals surface area contributed by atoms with Gasteiger partial charge in [-0.15, -0.1) is 0 Å². The highest BCUT2D eigenvalue weighted by atomic mass is 35.5. The highest BCUT2D eigenvalue weighted by molar-refractivity contribution is 6.31. The number of nitro groups is 1. The summed E-state index contributed by atoms with van der Waals surface area (Å²) < 4.78 is 0. The van der Waals surface area contributed by atoms with Gasteiger partial charge < -0.3 is 10.0 Å². The second-order valence-corrected chi connectivity index (χ2v) is 4.16. The number of benzene rings is 1. The number of aliphatic hydroxyl groups is 1. The van der Waals surface area contributed by atoms with E-state index in [0.29, 0.717) is 13.0 Å². The lowest BCUT2D eigenvalue weighted by Crippen LogP contribution is -2.28. The Kier molecular flexibility index (Phi) is 5.06. The number of rotatable bonds is 5. The molecular weight excluding hydrogens is 260 g/mol. The molecular formula is C11H13ClN2O4. The highest BCUT2D eigenvalue weighted by Crippen LogP contribution is 2.24. The Bertz CT molecular complexity index is 464. The Balaban J connectivity index is 3.01. The maximum absolute atomic E-state index is 12.0. The number of nitrogens with zero attached hydrogens (tertiary/aromatic N) is 2. The summed E-state index contributed by atoms with van der Waals surface area (Å²) in [6, 6.07) is 3.91. The average molecular weight is 273 g/mol. The van der Waals surface area contributed by atoms with Crippen LogP contribution in [0.25, 0.3) is 0 Å². The summed E-state index contributed by atoms with van der Waals surface area (Å²) in [7, 11) is 1.52. The van der Waals surface area contributed by atoms with E-state index in [1.54, 1.807) is 0 Å². The van der Waals surface area contributed by atoms with Crippen LogP contribution in [0.1, 0.15) is 16.8 Å². The van der Waals surface area contributed by atoms with Crippen LogP contribution in [0.2, 0.25) is 5.02 Å². The van der Waals surface area contributed by atoms with Crippen molar-refractivity contribution >= 4 is 23.2 Å². The van der Waals surface area contributed by atoms with Crippen molar-refractivity contribution in [1.82, 2.24) is 4.90 Å². The minimum atomic E-state index is -0.640. The van der Waals surface area contributed by atoms with Crippen LogP contribution in [0, 0.1) is 10.1 Å². The minimum absolute atomic E-state index is 0.00941. The fourth-order valence-corrected chi connectivity index (χ4v) is 1.62. The first kappa shape index (κ1) is 14.4. The first-order chi connectivity index (χ1) is 8.47. The number of hydrogen-bond acceptors (Lipinski definition) is 4. The molecule has 0 aromatic heterocycles. The van der Waals surface area contributed by atoms with Crippen LogP contribution in [0.3, 0.4) is 0 Å². The number of aliphatic hydroxyl groups excluding tert-OH is 1. The van der Waals surface area contributed by atoms with Gasteiger partial charge in [0.1, 0.15) is 5.56 Å². The molecule has 0 bridgehead atoms. The lowest BCUT2D eigenvalue weighted by molar-refractivity contribution is -0.385. The normalized spacial score (nSPS) is 10.2. The number of hydrogen-bond donors (Lipinski definition) is 1. The number of halogens is 1. The lowest BCUT2D eigenvalue weighted by Gasteiger charge is -2.16. The molecule has 0 fully saturated rings. The molecule has 0 aliphatic carbocycles. The van der Waals surface area contributed by atoms with Crippen LogP contribution in [-0.2, 0) is 0 Å². The fraction of sp³-hybridized carbons (Fsp3) is 0.364. The second-order valence-electron chi connectivity index (χ2n) is 3.72. The molecule has 18 heavy (non-hydrogen) atoms. The molecule has 0 saturated heterocycles. The van der Waals surface area contributed by atoms with Crippen LogP contribution >= 0.6 is 11.6 Å². The predicted molar refractivity (Wildman–Crippen MR) is 66.8 cm³/mol. The van der Waals surface area contributed by atoms with E-state index in [0.717, 1.165) is 6.07 Å². The smallest absolute Gasteiger partial charge is 0.283 e. The summed E-state index contributed by atoms with van der Waals surface area (Å²) in [4.78, 5) is 23.5. The largest absolute Gasteiger partial charge is 0.396 e. The summed E-state index contributed by atoms with van der Waals surface area (Å²) in [5.41, 5.74) is -0.326. The molecule has 98 valence electrons. The Hall–Kier alpha value is -1.66. The minimum Gasteiger partial charge on any atom is -0.396 e. The molecule has 0 saturated carbocycles. The Morgan fingerprint density at radius 3 is 2.78 bits per heavy atom. The molecule has 0 spiro atoms. The van der Waals surface area contributed by atoms with Crippen molar-refractivity contribution in [2.75, 3.05) is 20.2 Å². The maximum Gasteiger partial charge on any atom is 0.283 e. The number of carbonyl (C=O) groups is 1. The van der Waals surface area contributed by atoms with Crippen molar-refractivity contribution in [3.8, 4) is 0 Å². The van der Waals surface area contributed by atoms with Crippen molar-refractivity contribution in [1.29, 1.82) is 0 Å². The third-order valence-electron chi connectivity index (χ3n) is 2.39. The zero-order chi connectivity index (χ0) is 13.7. The fourth-order valence-electron chi connectivity index (χ4n) is 1.45. The first-order valence-corrected chi connectivity index (χ1v) is 5.65. The van der Waals surface area contributed by atoms with Gasteiger partial charge in [-0.1, -0.05) is 11.6 Å². The molecule has 0 unspecified atom stereocenters. The average Bonchev–Trinajstić information content (AvgIpc) is 2.34. The predicted octanol–water partition coefficient (Wildman–Crippen LogP) is 1.70. The summed E-state index contributed by atoms with van der Waals surface area (Å²) in [6.45, 7) is 0.287. The van der Waals surface area contributed by atoms with Gasteiger partial charge >= 0.3 is 0 Å². The van der Waals surface area contributed by atoms with Gasteiger partial charge in [0.15, 0.2) is 0 Å². The second kappa shape index (κ2) is 6.32. The Labute approximate surface area is 109 Å². The topological polar surface area (TPSA) is 83.7 Å². The molecule has 1 N–H and O–H groups in total. The van der Waals surface area contributed by atoms with Gasteiger partial charge in [-0.05, 0) is 18.6 Å². The number of nitro benzene ring substituents is 1. The van der Waals surface area contributed by atoms with Crippen molar-refractivity contribution in [3.05, 3.63) is 38.9 Å². The van der Waals surface area contributed by atoms with Crippen molar-refractivity contribution < 1.29 is 14.8 Å². The zero-order valence-corrected chi connectivity index (χ0v) is 10.6. The van der Waals surface area contributed by atoms with E-state index in [9.17, 15) is 14.9 Å². The zero-order valence-electron chi connectivity index (χ0n) is 9.80. The highest BCUT2D eigenvalue weighted by Gasteiger charge is 2.22. The summed E-state index contributed by atoms with van der Waals surface area (Å²) in [6.07, 6.45) is 0.420. The molecule has 0 radical (unpaired) electrons. The van der Waals surface area contributed by atoms with Gasteiger partial charge in [0.2, 0.25) is 0 Å². The monoisotopic (exact) mass is 272 g/mol. The van der Waals surface area contributed by atoms with E-state index in [2.05, 4.69) is 0 Å². The van der Waals surface area contributed by atoms with Crippen molar-refractivity contribution in [3.63, 3.8) is 0 Å². The third kappa shape index (κ3) is 3.41. The van der Waals surface area contributed by atoms with Gasteiger partial charge in [-0.25, -0.2) is 0 Å². The maximum atomic E-state index is 12.0. The summed E-state index contributed by atoms with van der Waals surface area (Å²) >= 11 is 5.67. The van der Waals surface area contributed by atoms with E-state index >= 15 is 0 Å². The van der Waals surface area contributed by atoms with E-state index in [1.165, 1.54) is 24.1 Å². The lowest BCUT2D eigenvalue weighted by atomic mass is 10.1. The standard InChI is InChI=1S/C11H13ClN2O4/c1-13(5-2-6-15)11(16)9-4-3-8(12)7-10(9)14(17)18/h3-4,7,15H,2,5-6H2,1H3. The Morgan fingerprint density at radius 2 is 2.22 bits per heavy atom. The van der Waals surface area contributed by atoms with Gasteiger partial charge in [0.05, 0.1) is 4.92 Å². The van der Waals surface area contributed by atoms with E-state index in [-0.39, 0.29) is 22.9 Å². The summed E-state index contributed by atoms with van der Waals surface area (Å²) in [5.74, 6) is -0.466. The molecule has 0 heterocycles. The molecule has 0 atom stereocenters. The van der Waals surface area contributed by atoms with Crippen molar-refractivity contribution in [2.24, 2.45) is 0 Å². The van der Waals surface area contributed by atoms with Crippen LogP contribution in [0.5, 0.6) is 0 Å². The SMILES string of the molecule is CN(CCCO)C(=O)c1ccc(Cl)cc1[N+](=O)[O-]. The third-order valence-corrected chi connectivity index (χ3v) is 2.62. The number of amides is 1. The van der Waals surface area contributed by atoms with Crippen LogP contribution < -0.4 is 0 Å². The molecule has 1 rings (SSSR count). The van der Waals surface area contributed by atoms with Gasteiger partial charge in [-0.2, -0.15) is 0 Å². The number of carbonyl (C=O) groups excluding carboxylic acids is 1. The van der Waals surface area contributed by atoms with Crippen molar-refractivity contribution in [2.45, 2.75) is 6.42 Å². The van der Waals surface area contributed by atoms with Gasteiger partial charge in [-0.3, -0.25) is 14.9 Å². The molecule has 1 amide bonds. The van der Waals surface area contributed by atoms with Crippen LogP contribution in [-0.4, -0.2) is 41.0 Å². The first-order valence-electron chi connectivity index (χ1n) is 5.27.